The van der Waals surface area contributed by atoms with Crippen molar-refractivity contribution < 1.29 is 30.3 Å². The van der Waals surface area contributed by atoms with Crippen LogP contribution >= 0.6 is 0 Å². The van der Waals surface area contributed by atoms with Crippen LogP contribution in [0.3, 0.4) is 0 Å². The third-order valence-electron chi connectivity index (χ3n) is 7.58. The van der Waals surface area contributed by atoms with Crippen molar-refractivity contribution in [3.05, 3.63) is 12.2 Å². The van der Waals surface area contributed by atoms with Crippen LogP contribution < -0.4 is 0 Å². The molecule has 3 fully saturated rings. The monoisotopic (exact) mass is 368 g/mol. The summed E-state index contributed by atoms with van der Waals surface area (Å²) < 4.78 is 0. The molecule has 6 nitrogen and oxygen atoms in total. The van der Waals surface area contributed by atoms with Crippen LogP contribution in [0.5, 0.6) is 0 Å². The Labute approximate surface area is 154 Å². The van der Waals surface area contributed by atoms with Gasteiger partial charge >= 0.3 is 0 Å². The molecular formula is C20H32O6. The zero-order chi connectivity index (χ0) is 19.7. The fourth-order valence-corrected chi connectivity index (χ4v) is 5.90. The number of hydrogen-bond donors (Lipinski definition) is 5. The van der Waals surface area contributed by atoms with Crippen LogP contribution in [-0.2, 0) is 4.79 Å². The van der Waals surface area contributed by atoms with Crippen LogP contribution in [0.25, 0.3) is 0 Å². The van der Waals surface area contributed by atoms with E-state index in [4.69, 9.17) is 0 Å². The normalized spacial score (nSPS) is 51.8. The maximum absolute atomic E-state index is 12.8. The molecule has 3 saturated carbocycles. The smallest absolute Gasteiger partial charge is 0.169 e. The molecule has 148 valence electrons. The van der Waals surface area contributed by atoms with Gasteiger partial charge in [0.2, 0.25) is 0 Å². The van der Waals surface area contributed by atoms with Crippen LogP contribution in [0.1, 0.15) is 52.9 Å². The van der Waals surface area contributed by atoms with Crippen molar-refractivity contribution >= 4 is 5.78 Å². The number of Topliss-reactive ketones (excluding diaryl/α,β-unsaturated/α-hetero) is 1. The predicted molar refractivity (Wildman–Crippen MR) is 95.1 cm³/mol. The van der Waals surface area contributed by atoms with E-state index in [1.54, 1.807) is 20.8 Å². The topological polar surface area (TPSA) is 118 Å². The predicted octanol–water partition coefficient (Wildman–Crippen LogP) is 0.543. The van der Waals surface area contributed by atoms with Crippen LogP contribution in [0.2, 0.25) is 0 Å². The molecule has 8 atom stereocenters. The van der Waals surface area contributed by atoms with Crippen molar-refractivity contribution in [2.75, 3.05) is 0 Å². The van der Waals surface area contributed by atoms with Crippen LogP contribution in [0, 0.1) is 22.7 Å². The Morgan fingerprint density at radius 3 is 2.27 bits per heavy atom. The average Bonchev–Trinajstić information content (AvgIpc) is 2.65. The molecular weight excluding hydrogens is 336 g/mol. The number of carbonyl (C=O) groups is 1. The molecule has 0 amide bonds. The molecule has 3 rings (SSSR count). The van der Waals surface area contributed by atoms with E-state index in [0.29, 0.717) is 18.4 Å². The lowest BCUT2D eigenvalue weighted by Crippen LogP contribution is -2.53. The Morgan fingerprint density at radius 1 is 1.04 bits per heavy atom. The lowest BCUT2D eigenvalue weighted by molar-refractivity contribution is -0.149. The van der Waals surface area contributed by atoms with Gasteiger partial charge in [-0.1, -0.05) is 20.4 Å². The minimum Gasteiger partial charge on any atom is -0.392 e. The molecule has 0 aromatic carbocycles. The van der Waals surface area contributed by atoms with Gasteiger partial charge in [-0.25, -0.2) is 0 Å². The van der Waals surface area contributed by atoms with E-state index in [-0.39, 0.29) is 31.1 Å². The van der Waals surface area contributed by atoms with Gasteiger partial charge in [0, 0.05) is 17.8 Å². The minimum atomic E-state index is -1.35. The van der Waals surface area contributed by atoms with Gasteiger partial charge in [0.05, 0.1) is 29.3 Å². The van der Waals surface area contributed by atoms with Gasteiger partial charge in [-0.2, -0.15) is 0 Å². The zero-order valence-corrected chi connectivity index (χ0v) is 15.9. The third-order valence-corrected chi connectivity index (χ3v) is 7.58. The van der Waals surface area contributed by atoms with Gasteiger partial charge in [0.1, 0.15) is 6.10 Å². The molecule has 3 aliphatic carbocycles. The molecule has 5 N–H and O–H groups in total. The molecule has 0 aromatic heterocycles. The largest absolute Gasteiger partial charge is 0.392 e. The van der Waals surface area contributed by atoms with Crippen LogP contribution in [0.15, 0.2) is 12.2 Å². The third kappa shape index (κ3) is 2.69. The molecule has 0 heterocycles. The van der Waals surface area contributed by atoms with E-state index < -0.39 is 46.6 Å². The number of hydrogen-bond acceptors (Lipinski definition) is 6. The molecule has 6 heteroatoms. The Kier molecular flexibility index (Phi) is 4.69. The Hall–Kier alpha value is -0.790. The number of fused-ring (bicyclic) bond motifs is 1. The lowest BCUT2D eigenvalue weighted by atomic mass is 9.58. The highest BCUT2D eigenvalue weighted by molar-refractivity contribution is 5.88. The van der Waals surface area contributed by atoms with Crippen molar-refractivity contribution in [2.24, 2.45) is 22.7 Å². The summed E-state index contributed by atoms with van der Waals surface area (Å²) in [5, 5.41) is 53.7. The first-order valence-electron chi connectivity index (χ1n) is 9.52. The van der Waals surface area contributed by atoms with E-state index in [9.17, 15) is 30.3 Å². The first-order valence-corrected chi connectivity index (χ1v) is 9.52. The summed E-state index contributed by atoms with van der Waals surface area (Å²) in [7, 11) is 0. The quantitative estimate of drug-likeness (QED) is 0.398. The van der Waals surface area contributed by atoms with Crippen molar-refractivity contribution in [3.63, 3.8) is 0 Å². The Bertz CT molecular complexity index is 611. The first-order chi connectivity index (χ1) is 11.8. The number of carbonyl (C=O) groups excluding carboxylic acids is 1. The highest BCUT2D eigenvalue weighted by atomic mass is 16.3. The average molecular weight is 368 g/mol. The molecule has 1 unspecified atom stereocenters. The van der Waals surface area contributed by atoms with Crippen LogP contribution in [0.4, 0.5) is 0 Å². The number of aliphatic hydroxyl groups is 5. The van der Waals surface area contributed by atoms with Crippen molar-refractivity contribution in [2.45, 2.75) is 82.9 Å². The lowest BCUT2D eigenvalue weighted by Gasteiger charge is -2.48. The molecule has 0 aliphatic heterocycles. The van der Waals surface area contributed by atoms with Crippen molar-refractivity contribution in [1.29, 1.82) is 0 Å². The summed E-state index contributed by atoms with van der Waals surface area (Å²) in [4.78, 5) is 12.8. The van der Waals surface area contributed by atoms with Gasteiger partial charge in [0.15, 0.2) is 5.78 Å². The fraction of sp³-hybridized carbons (Fsp3) is 0.850. The molecule has 0 radical (unpaired) electrons. The van der Waals surface area contributed by atoms with Crippen molar-refractivity contribution in [3.8, 4) is 0 Å². The second kappa shape index (κ2) is 6.11. The highest BCUT2D eigenvalue weighted by Crippen LogP contribution is 2.63. The van der Waals surface area contributed by atoms with Crippen LogP contribution in [-0.4, -0.2) is 61.3 Å². The minimum absolute atomic E-state index is 0.00773. The number of ketones is 1. The Balaban J connectivity index is 2.09. The van der Waals surface area contributed by atoms with E-state index in [0.717, 1.165) is 0 Å². The van der Waals surface area contributed by atoms with Gasteiger partial charge in [0.25, 0.3) is 0 Å². The van der Waals surface area contributed by atoms with E-state index in [1.807, 2.05) is 0 Å². The summed E-state index contributed by atoms with van der Waals surface area (Å²) >= 11 is 0. The van der Waals surface area contributed by atoms with E-state index in [2.05, 4.69) is 6.58 Å². The van der Waals surface area contributed by atoms with E-state index >= 15 is 0 Å². The second-order valence-electron chi connectivity index (χ2n) is 9.60. The fourth-order valence-electron chi connectivity index (χ4n) is 5.90. The van der Waals surface area contributed by atoms with Gasteiger partial charge < -0.3 is 25.5 Å². The number of rotatable bonds is 0. The van der Waals surface area contributed by atoms with Gasteiger partial charge in [-0.05, 0) is 44.1 Å². The van der Waals surface area contributed by atoms with Crippen molar-refractivity contribution in [1.82, 2.24) is 0 Å². The Morgan fingerprint density at radius 2 is 1.65 bits per heavy atom. The maximum atomic E-state index is 12.8. The zero-order valence-electron chi connectivity index (χ0n) is 15.9. The molecule has 3 aliphatic rings. The second-order valence-corrected chi connectivity index (χ2v) is 9.60. The van der Waals surface area contributed by atoms with Gasteiger partial charge in [-0.15, -0.1) is 0 Å². The molecule has 1 spiro atoms. The summed E-state index contributed by atoms with van der Waals surface area (Å²) in [6.07, 6.45) is -2.96. The number of aliphatic hydroxyl groups excluding tert-OH is 4. The first kappa shape index (κ1) is 20.0. The summed E-state index contributed by atoms with van der Waals surface area (Å²) in [5.41, 5.74) is -2.72. The van der Waals surface area contributed by atoms with Gasteiger partial charge in [-0.3, -0.25) is 4.79 Å². The maximum Gasteiger partial charge on any atom is 0.169 e. The summed E-state index contributed by atoms with van der Waals surface area (Å²) in [6.45, 7) is 8.86. The summed E-state index contributed by atoms with van der Waals surface area (Å²) in [6, 6.07) is 0. The SMILES string of the molecule is C=C1[C@@H](O)C[C@H](O)C(C)(C)C(=O)[C@@H](O)CC23C[C@@](C)(O)[C@H](CC[C@@H]12)[C@H]3O. The molecule has 0 aromatic rings. The molecule has 0 saturated heterocycles. The molecule has 26 heavy (non-hydrogen) atoms. The summed E-state index contributed by atoms with van der Waals surface area (Å²) in [5.74, 6) is -1.15. The highest BCUT2D eigenvalue weighted by Gasteiger charge is 2.65. The molecule has 2 bridgehead atoms. The van der Waals surface area contributed by atoms with E-state index in [1.165, 1.54) is 0 Å². The standard InChI is InChI=1S/C20H32O6/c1-10-11-5-6-12-16(24)20(11,9-19(12,4)26)8-14(22)17(25)18(2,3)15(23)7-13(10)21/h11-16,21-24,26H,1,5-9H2,2-4H3/t11-,12+,13-,14-,15-,16+,19+,20?/m0/s1.